The van der Waals surface area contributed by atoms with E-state index in [4.69, 9.17) is 5.11 Å². The van der Waals surface area contributed by atoms with Gasteiger partial charge in [-0.3, -0.25) is 4.79 Å². The zero-order chi connectivity index (χ0) is 11.5. The maximum atomic E-state index is 13.4. The average molecular weight is 238 g/mol. The number of rotatable bonds is 3. The summed E-state index contributed by atoms with van der Waals surface area (Å²) in [5, 5.41) is 8.46. The van der Waals surface area contributed by atoms with E-state index in [1.807, 2.05) is 0 Å². The molecule has 0 amide bonds. The van der Waals surface area contributed by atoms with Gasteiger partial charge in [-0.2, -0.15) is 0 Å². The molecule has 1 aliphatic heterocycles. The van der Waals surface area contributed by atoms with Crippen molar-refractivity contribution in [1.82, 2.24) is 0 Å². The summed E-state index contributed by atoms with van der Waals surface area (Å²) < 4.78 is 35.9. The van der Waals surface area contributed by atoms with Gasteiger partial charge in [-0.05, 0) is 25.2 Å². The maximum Gasteiger partial charge on any atom is 0.303 e. The van der Waals surface area contributed by atoms with Crippen LogP contribution in [-0.4, -0.2) is 37.2 Å². The third-order valence-corrected chi connectivity index (χ3v) is 4.46. The van der Waals surface area contributed by atoms with E-state index in [1.54, 1.807) is 0 Å². The van der Waals surface area contributed by atoms with Gasteiger partial charge in [-0.15, -0.1) is 0 Å². The number of carbonyl (C=O) groups is 1. The molecule has 1 heterocycles. The Morgan fingerprint density at radius 1 is 1.33 bits per heavy atom. The number of carboxylic acids is 1. The van der Waals surface area contributed by atoms with Crippen LogP contribution in [0.3, 0.4) is 0 Å². The Morgan fingerprint density at radius 3 is 2.53 bits per heavy atom. The van der Waals surface area contributed by atoms with Crippen molar-refractivity contribution in [2.45, 2.75) is 31.9 Å². The lowest BCUT2D eigenvalue weighted by atomic mass is 9.94. The number of hydrogen-bond acceptors (Lipinski definition) is 3. The lowest BCUT2D eigenvalue weighted by Crippen LogP contribution is -2.16. The first-order chi connectivity index (χ1) is 6.91. The van der Waals surface area contributed by atoms with E-state index in [-0.39, 0.29) is 37.2 Å². The molecule has 88 valence electrons. The van der Waals surface area contributed by atoms with Crippen LogP contribution in [0.4, 0.5) is 4.39 Å². The number of halogens is 1. The predicted octanol–water partition coefficient (Wildman–Crippen LogP) is 1.01. The number of carboxylic acid groups (broad SMARTS) is 1. The molecule has 0 aliphatic carbocycles. The van der Waals surface area contributed by atoms with Crippen LogP contribution in [0.2, 0.25) is 0 Å². The Morgan fingerprint density at radius 2 is 1.93 bits per heavy atom. The van der Waals surface area contributed by atoms with Crippen molar-refractivity contribution in [3.8, 4) is 0 Å². The van der Waals surface area contributed by atoms with Crippen LogP contribution < -0.4 is 0 Å². The summed E-state index contributed by atoms with van der Waals surface area (Å²) >= 11 is 0. The van der Waals surface area contributed by atoms with Crippen LogP contribution in [0, 0.1) is 5.92 Å². The molecule has 0 aromatic carbocycles. The molecule has 2 atom stereocenters. The van der Waals surface area contributed by atoms with Crippen molar-refractivity contribution < 1.29 is 22.7 Å². The summed E-state index contributed by atoms with van der Waals surface area (Å²) in [6.07, 6.45) is -0.790. The van der Waals surface area contributed by atoms with Gasteiger partial charge in [0.1, 0.15) is 16.0 Å². The lowest BCUT2D eigenvalue weighted by molar-refractivity contribution is -0.137. The molecular weight excluding hydrogens is 223 g/mol. The minimum atomic E-state index is -3.11. The van der Waals surface area contributed by atoms with Crippen LogP contribution in [-0.2, 0) is 14.6 Å². The Labute approximate surface area is 88.4 Å². The van der Waals surface area contributed by atoms with Crippen LogP contribution in [0.1, 0.15) is 25.7 Å². The highest BCUT2D eigenvalue weighted by atomic mass is 32.2. The largest absolute Gasteiger partial charge is 0.481 e. The molecule has 6 heteroatoms. The predicted molar refractivity (Wildman–Crippen MR) is 53.1 cm³/mol. The summed E-state index contributed by atoms with van der Waals surface area (Å²) in [5.74, 6) is -1.51. The summed E-state index contributed by atoms with van der Waals surface area (Å²) in [6.45, 7) is 0. The van der Waals surface area contributed by atoms with Gasteiger partial charge in [0.05, 0.1) is 11.5 Å². The van der Waals surface area contributed by atoms with Crippen LogP contribution in [0.25, 0.3) is 0 Å². The number of alkyl halides is 1. The zero-order valence-corrected chi connectivity index (χ0v) is 9.17. The fourth-order valence-electron chi connectivity index (χ4n) is 1.78. The highest BCUT2D eigenvalue weighted by Gasteiger charge is 2.29. The van der Waals surface area contributed by atoms with E-state index >= 15 is 0 Å². The molecule has 0 spiro atoms. The van der Waals surface area contributed by atoms with Gasteiger partial charge in [0.2, 0.25) is 0 Å². The monoisotopic (exact) mass is 238 g/mol. The van der Waals surface area contributed by atoms with E-state index in [0.29, 0.717) is 0 Å². The van der Waals surface area contributed by atoms with E-state index in [2.05, 4.69) is 0 Å². The molecule has 0 bridgehead atoms. The molecule has 1 saturated heterocycles. The summed E-state index contributed by atoms with van der Waals surface area (Å²) in [5.41, 5.74) is 0. The smallest absolute Gasteiger partial charge is 0.303 e. The molecule has 0 aromatic heterocycles. The molecule has 0 radical (unpaired) electrons. The minimum Gasteiger partial charge on any atom is -0.481 e. The van der Waals surface area contributed by atoms with Crippen molar-refractivity contribution in [2.24, 2.45) is 5.92 Å². The van der Waals surface area contributed by atoms with E-state index < -0.39 is 27.9 Å². The van der Waals surface area contributed by atoms with Crippen LogP contribution in [0.15, 0.2) is 0 Å². The minimum absolute atomic E-state index is 0.00657. The maximum absolute atomic E-state index is 13.4. The van der Waals surface area contributed by atoms with Crippen molar-refractivity contribution in [3.63, 3.8) is 0 Å². The Balaban J connectivity index is 2.54. The van der Waals surface area contributed by atoms with Gasteiger partial charge < -0.3 is 5.11 Å². The van der Waals surface area contributed by atoms with E-state index in [0.717, 1.165) is 0 Å². The molecule has 1 aliphatic rings. The standard InChI is InChI=1S/C9H15FO4S/c10-8-4-6-15(13,14)5-3-7(8)1-2-9(11)12/h7-8H,1-6H2,(H,11,12). The van der Waals surface area contributed by atoms with Crippen molar-refractivity contribution in [2.75, 3.05) is 11.5 Å². The van der Waals surface area contributed by atoms with Gasteiger partial charge >= 0.3 is 5.97 Å². The highest BCUT2D eigenvalue weighted by molar-refractivity contribution is 7.91. The molecule has 4 nitrogen and oxygen atoms in total. The second-order valence-corrected chi connectivity index (χ2v) is 6.24. The van der Waals surface area contributed by atoms with Gasteiger partial charge in [-0.25, -0.2) is 12.8 Å². The van der Waals surface area contributed by atoms with Crippen LogP contribution >= 0.6 is 0 Å². The summed E-state index contributed by atoms with van der Waals surface area (Å²) in [4.78, 5) is 10.3. The second-order valence-electron chi connectivity index (χ2n) is 3.94. The van der Waals surface area contributed by atoms with E-state index in [9.17, 15) is 17.6 Å². The van der Waals surface area contributed by atoms with Crippen molar-refractivity contribution in [1.29, 1.82) is 0 Å². The van der Waals surface area contributed by atoms with E-state index in [1.165, 1.54) is 0 Å². The number of hydrogen-bond donors (Lipinski definition) is 1. The molecule has 0 saturated carbocycles. The average Bonchev–Trinajstić information content (AvgIpc) is 2.25. The Bertz CT molecular complexity index is 325. The van der Waals surface area contributed by atoms with Gasteiger partial charge in [0, 0.05) is 6.42 Å². The second kappa shape index (κ2) is 4.92. The van der Waals surface area contributed by atoms with Crippen molar-refractivity contribution in [3.05, 3.63) is 0 Å². The molecule has 1 rings (SSSR count). The third kappa shape index (κ3) is 4.15. The normalized spacial score (nSPS) is 30.7. The Kier molecular flexibility index (Phi) is 4.07. The highest BCUT2D eigenvalue weighted by Crippen LogP contribution is 2.26. The lowest BCUT2D eigenvalue weighted by Gasteiger charge is -2.15. The number of sulfone groups is 1. The zero-order valence-electron chi connectivity index (χ0n) is 8.36. The summed E-state index contributed by atoms with van der Waals surface area (Å²) in [7, 11) is -3.11. The molecule has 15 heavy (non-hydrogen) atoms. The molecule has 1 N–H and O–H groups in total. The third-order valence-electron chi connectivity index (χ3n) is 2.74. The summed E-state index contributed by atoms with van der Waals surface area (Å²) in [6, 6.07) is 0. The van der Waals surface area contributed by atoms with Gasteiger partial charge in [-0.1, -0.05) is 0 Å². The topological polar surface area (TPSA) is 71.4 Å². The number of aliphatic carboxylic acids is 1. The van der Waals surface area contributed by atoms with Gasteiger partial charge in [0.25, 0.3) is 0 Å². The van der Waals surface area contributed by atoms with Crippen molar-refractivity contribution >= 4 is 15.8 Å². The molecule has 2 unspecified atom stereocenters. The fraction of sp³-hybridized carbons (Fsp3) is 0.889. The van der Waals surface area contributed by atoms with Gasteiger partial charge in [0.15, 0.2) is 0 Å². The first kappa shape index (κ1) is 12.4. The molecule has 1 fully saturated rings. The molecule has 0 aromatic rings. The first-order valence-corrected chi connectivity index (χ1v) is 6.79. The molecular formula is C9H15FO4S. The quantitative estimate of drug-likeness (QED) is 0.796. The first-order valence-electron chi connectivity index (χ1n) is 4.97. The Hall–Kier alpha value is -0.650. The van der Waals surface area contributed by atoms with Crippen LogP contribution in [0.5, 0.6) is 0 Å². The fourth-order valence-corrected chi connectivity index (χ4v) is 3.23. The SMILES string of the molecule is O=C(O)CCC1CCS(=O)(=O)CCC1F.